The number of rotatable bonds is 4. The van der Waals surface area contributed by atoms with Gasteiger partial charge < -0.3 is 24.6 Å². The van der Waals surface area contributed by atoms with E-state index in [4.69, 9.17) is 14.2 Å². The first-order valence-corrected chi connectivity index (χ1v) is 6.85. The molecule has 0 radical (unpaired) electrons. The van der Waals surface area contributed by atoms with E-state index in [1.807, 2.05) is 0 Å². The highest BCUT2D eigenvalue weighted by molar-refractivity contribution is 5.80. The van der Waals surface area contributed by atoms with Crippen molar-refractivity contribution in [1.82, 2.24) is 5.32 Å². The maximum absolute atomic E-state index is 11.7. The molecule has 1 heterocycles. The van der Waals surface area contributed by atoms with Crippen molar-refractivity contribution in [3.63, 3.8) is 0 Å². The van der Waals surface area contributed by atoms with E-state index in [1.165, 1.54) is 0 Å². The van der Waals surface area contributed by atoms with Crippen LogP contribution in [0.5, 0.6) is 11.5 Å². The van der Waals surface area contributed by atoms with E-state index in [2.05, 4.69) is 5.32 Å². The molecule has 2 rings (SSSR count). The zero-order valence-corrected chi connectivity index (χ0v) is 12.7. The number of ether oxygens (including phenoxy) is 3. The average Bonchev–Trinajstić information content (AvgIpc) is 2.82. The number of amides is 1. The van der Waals surface area contributed by atoms with Crippen LogP contribution in [0, 0.1) is 0 Å². The molecule has 0 fully saturated rings. The van der Waals surface area contributed by atoms with Crippen LogP contribution < -0.4 is 14.8 Å². The predicted molar refractivity (Wildman–Crippen MR) is 77.1 cm³/mol. The second-order valence-corrected chi connectivity index (χ2v) is 5.93. The largest absolute Gasteiger partial charge is 0.480 e. The van der Waals surface area contributed by atoms with Gasteiger partial charge in [-0.05, 0) is 38.5 Å². The smallest absolute Gasteiger partial charge is 0.408 e. The van der Waals surface area contributed by atoms with Gasteiger partial charge in [0.25, 0.3) is 0 Å². The third kappa shape index (κ3) is 4.28. The van der Waals surface area contributed by atoms with Crippen LogP contribution in [-0.2, 0) is 16.0 Å². The van der Waals surface area contributed by atoms with Crippen LogP contribution in [0.2, 0.25) is 0 Å². The topological polar surface area (TPSA) is 94.1 Å². The van der Waals surface area contributed by atoms with Crippen molar-refractivity contribution in [2.75, 3.05) is 6.79 Å². The van der Waals surface area contributed by atoms with Crippen LogP contribution in [0.4, 0.5) is 4.79 Å². The number of alkyl carbamates (subject to hydrolysis) is 1. The fraction of sp³-hybridized carbons (Fsp3) is 0.467. The third-order valence-corrected chi connectivity index (χ3v) is 2.87. The fourth-order valence-corrected chi connectivity index (χ4v) is 1.95. The summed E-state index contributed by atoms with van der Waals surface area (Å²) in [5, 5.41) is 11.6. The van der Waals surface area contributed by atoms with E-state index in [0.717, 1.165) is 0 Å². The van der Waals surface area contributed by atoms with Gasteiger partial charge in [0.1, 0.15) is 11.6 Å². The summed E-state index contributed by atoms with van der Waals surface area (Å²) in [5.74, 6) is 0.0539. The fourth-order valence-electron chi connectivity index (χ4n) is 1.95. The van der Waals surface area contributed by atoms with Gasteiger partial charge in [-0.25, -0.2) is 9.59 Å². The Labute approximate surface area is 128 Å². The maximum Gasteiger partial charge on any atom is 0.408 e. The Hall–Kier alpha value is -2.44. The molecule has 120 valence electrons. The first-order valence-electron chi connectivity index (χ1n) is 6.85. The molecule has 22 heavy (non-hydrogen) atoms. The highest BCUT2D eigenvalue weighted by Gasteiger charge is 2.25. The van der Waals surface area contributed by atoms with Gasteiger partial charge >= 0.3 is 12.1 Å². The van der Waals surface area contributed by atoms with Crippen molar-refractivity contribution in [2.45, 2.75) is 38.8 Å². The molecule has 7 heteroatoms. The minimum Gasteiger partial charge on any atom is -0.480 e. The number of carboxylic acids is 1. The van der Waals surface area contributed by atoms with Crippen molar-refractivity contribution < 1.29 is 28.9 Å². The second kappa shape index (κ2) is 6.13. The number of aliphatic carboxylic acids is 1. The molecule has 1 aromatic rings. The molecule has 1 unspecified atom stereocenters. The summed E-state index contributed by atoms with van der Waals surface area (Å²) in [5.41, 5.74) is 0.0269. The van der Waals surface area contributed by atoms with E-state index < -0.39 is 23.7 Å². The monoisotopic (exact) mass is 309 g/mol. The lowest BCUT2D eigenvalue weighted by molar-refractivity contribution is -0.139. The Kier molecular flexibility index (Phi) is 4.44. The Bertz CT molecular complexity index is 578. The number of carbonyl (C=O) groups excluding carboxylic acids is 1. The summed E-state index contributed by atoms with van der Waals surface area (Å²) < 4.78 is 15.5. The first-order chi connectivity index (χ1) is 10.2. The van der Waals surface area contributed by atoms with Gasteiger partial charge in [-0.1, -0.05) is 6.07 Å². The number of benzene rings is 1. The van der Waals surface area contributed by atoms with Gasteiger partial charge in [-0.15, -0.1) is 0 Å². The summed E-state index contributed by atoms with van der Waals surface area (Å²) >= 11 is 0. The highest BCUT2D eigenvalue weighted by Crippen LogP contribution is 2.32. The van der Waals surface area contributed by atoms with Crippen molar-refractivity contribution >= 4 is 12.1 Å². The van der Waals surface area contributed by atoms with Gasteiger partial charge in [0.15, 0.2) is 11.5 Å². The normalized spacial score (nSPS) is 14.3. The van der Waals surface area contributed by atoms with E-state index >= 15 is 0 Å². The zero-order valence-electron chi connectivity index (χ0n) is 12.7. The number of hydrogen-bond donors (Lipinski definition) is 2. The molecule has 0 saturated carbocycles. The van der Waals surface area contributed by atoms with Crippen molar-refractivity contribution in [3.05, 3.63) is 23.8 Å². The lowest BCUT2D eigenvalue weighted by Crippen LogP contribution is -2.44. The minimum atomic E-state index is -1.14. The molecule has 0 aromatic heterocycles. The molecule has 1 aliphatic heterocycles. The number of nitrogens with one attached hydrogen (secondary N) is 1. The maximum atomic E-state index is 11.7. The zero-order chi connectivity index (χ0) is 16.3. The molecule has 1 aliphatic rings. The quantitative estimate of drug-likeness (QED) is 0.882. The summed E-state index contributed by atoms with van der Waals surface area (Å²) in [6.45, 7) is 5.28. The lowest BCUT2D eigenvalue weighted by Gasteiger charge is -2.22. The molecule has 0 spiro atoms. The molecule has 1 aromatic carbocycles. The molecule has 1 atom stereocenters. The van der Waals surface area contributed by atoms with Gasteiger partial charge in [-0.3, -0.25) is 0 Å². The highest BCUT2D eigenvalue weighted by atomic mass is 16.7. The van der Waals surface area contributed by atoms with Gasteiger partial charge in [0.05, 0.1) is 0 Å². The SMILES string of the molecule is CC(C)(C)OC(=O)NC(Cc1ccc2c(c1)OCO2)C(=O)O. The summed E-state index contributed by atoms with van der Waals surface area (Å²) in [6.07, 6.45) is -0.647. The number of carboxylic acid groups (broad SMARTS) is 1. The van der Waals surface area contributed by atoms with Crippen molar-refractivity contribution in [3.8, 4) is 11.5 Å². The van der Waals surface area contributed by atoms with Gasteiger partial charge in [-0.2, -0.15) is 0 Å². The average molecular weight is 309 g/mol. The molecule has 0 bridgehead atoms. The van der Waals surface area contributed by atoms with Crippen molar-refractivity contribution in [1.29, 1.82) is 0 Å². The Morgan fingerprint density at radius 2 is 2.00 bits per heavy atom. The lowest BCUT2D eigenvalue weighted by atomic mass is 10.1. The molecular formula is C15H19NO6. The first kappa shape index (κ1) is 15.9. The molecule has 0 aliphatic carbocycles. The van der Waals surface area contributed by atoms with Crippen LogP contribution in [0.1, 0.15) is 26.3 Å². The molecule has 1 amide bonds. The second-order valence-electron chi connectivity index (χ2n) is 5.93. The number of carbonyl (C=O) groups is 2. The summed E-state index contributed by atoms with van der Waals surface area (Å²) in [6, 6.07) is 4.06. The van der Waals surface area contributed by atoms with Crippen molar-refractivity contribution in [2.24, 2.45) is 0 Å². The van der Waals surface area contributed by atoms with Crippen LogP contribution >= 0.6 is 0 Å². The van der Waals surface area contributed by atoms with Crippen LogP contribution in [0.3, 0.4) is 0 Å². The molecule has 2 N–H and O–H groups in total. The van der Waals surface area contributed by atoms with Gasteiger partial charge in [0.2, 0.25) is 6.79 Å². The van der Waals surface area contributed by atoms with E-state index in [0.29, 0.717) is 17.1 Å². The van der Waals surface area contributed by atoms with E-state index in [9.17, 15) is 14.7 Å². The van der Waals surface area contributed by atoms with E-state index in [-0.39, 0.29) is 13.2 Å². The molecular weight excluding hydrogens is 290 g/mol. The summed E-state index contributed by atoms with van der Waals surface area (Å²) in [7, 11) is 0. The third-order valence-electron chi connectivity index (χ3n) is 2.87. The van der Waals surface area contributed by atoms with E-state index in [1.54, 1.807) is 39.0 Å². The minimum absolute atomic E-state index is 0.116. The van der Waals surface area contributed by atoms with Crippen LogP contribution in [0.25, 0.3) is 0 Å². The predicted octanol–water partition coefficient (Wildman–Crippen LogP) is 1.94. The Balaban J connectivity index is 2.03. The van der Waals surface area contributed by atoms with Gasteiger partial charge in [0, 0.05) is 6.42 Å². The van der Waals surface area contributed by atoms with Crippen LogP contribution in [-0.4, -0.2) is 35.6 Å². The van der Waals surface area contributed by atoms with Crippen LogP contribution in [0.15, 0.2) is 18.2 Å². The molecule has 7 nitrogen and oxygen atoms in total. The Morgan fingerprint density at radius 3 is 2.64 bits per heavy atom. The number of hydrogen-bond acceptors (Lipinski definition) is 5. The standard InChI is InChI=1S/C15H19NO6/c1-15(2,3)22-14(19)16-10(13(17)18)6-9-4-5-11-12(7-9)21-8-20-11/h4-5,7,10H,6,8H2,1-3H3,(H,16,19)(H,17,18). The Morgan fingerprint density at radius 1 is 1.32 bits per heavy atom. The molecule has 0 saturated heterocycles. The number of fused-ring (bicyclic) bond motifs is 1. The summed E-state index contributed by atoms with van der Waals surface area (Å²) in [4.78, 5) is 23.0.